The number of hydrogen-bond donors (Lipinski definition) is 1. The summed E-state index contributed by atoms with van der Waals surface area (Å²) < 4.78 is 6.46. The van der Waals surface area contributed by atoms with Gasteiger partial charge in [0.2, 0.25) is 0 Å². The smallest absolute Gasteiger partial charge is 0.160 e. The van der Waals surface area contributed by atoms with Gasteiger partial charge in [0.05, 0.1) is 16.6 Å². The van der Waals surface area contributed by atoms with Crippen molar-refractivity contribution in [2.45, 2.75) is 5.41 Å². The van der Waals surface area contributed by atoms with Crippen LogP contribution in [0.3, 0.4) is 0 Å². The van der Waals surface area contributed by atoms with Crippen molar-refractivity contribution in [3.63, 3.8) is 0 Å². The minimum absolute atomic E-state index is 0.460. The first-order valence-corrected chi connectivity index (χ1v) is 14.2. The SMILES string of the molecule is NC/C=C\C1=Cc2ccc(-c3nc(-c4ccccc4)c4ccccc4n3)cc2C12c1ccccc1Oc1ccccc12. The van der Waals surface area contributed by atoms with Gasteiger partial charge in [-0.25, -0.2) is 9.97 Å². The monoisotopic (exact) mass is 541 g/mol. The van der Waals surface area contributed by atoms with E-state index in [0.717, 1.165) is 61.5 Å². The number of aromatic nitrogens is 2. The van der Waals surface area contributed by atoms with Crippen LogP contribution in [0.4, 0.5) is 0 Å². The van der Waals surface area contributed by atoms with Gasteiger partial charge in [-0.15, -0.1) is 0 Å². The van der Waals surface area contributed by atoms with Crippen LogP contribution in [0.1, 0.15) is 22.3 Å². The summed E-state index contributed by atoms with van der Waals surface area (Å²) in [7, 11) is 0. The summed E-state index contributed by atoms with van der Waals surface area (Å²) in [6.45, 7) is 0.460. The van der Waals surface area contributed by atoms with Gasteiger partial charge in [0, 0.05) is 34.2 Å². The first-order chi connectivity index (χ1) is 20.8. The van der Waals surface area contributed by atoms with E-state index in [0.29, 0.717) is 12.4 Å². The average molecular weight is 542 g/mol. The summed E-state index contributed by atoms with van der Waals surface area (Å²) in [6, 6.07) is 41.8. The Kier molecular flexibility index (Phi) is 5.62. The zero-order valence-electron chi connectivity index (χ0n) is 22.9. The van der Waals surface area contributed by atoms with Crippen molar-refractivity contribution >= 4 is 17.0 Å². The van der Waals surface area contributed by atoms with Crippen molar-refractivity contribution in [3.05, 3.63) is 161 Å². The van der Waals surface area contributed by atoms with Crippen molar-refractivity contribution in [2.24, 2.45) is 5.73 Å². The summed E-state index contributed by atoms with van der Waals surface area (Å²) in [4.78, 5) is 10.2. The first-order valence-electron chi connectivity index (χ1n) is 14.2. The number of benzene rings is 5. The Balaban J connectivity index is 1.40. The first kappa shape index (κ1) is 24.5. The normalized spacial score (nSPS) is 14.4. The molecule has 0 bridgehead atoms. The van der Waals surface area contributed by atoms with Gasteiger partial charge in [-0.2, -0.15) is 0 Å². The van der Waals surface area contributed by atoms with E-state index in [9.17, 15) is 0 Å². The second-order valence-corrected chi connectivity index (χ2v) is 10.7. The number of para-hydroxylation sites is 3. The maximum Gasteiger partial charge on any atom is 0.160 e. The maximum absolute atomic E-state index is 6.46. The molecule has 0 unspecified atom stereocenters. The highest BCUT2D eigenvalue weighted by molar-refractivity contribution is 5.94. The standard InChI is InChI=1S/C38H27N3O/c39-22-10-13-28-23-26-20-21-27(37-40-33-17-7-4-14-29(33)36(41-37)25-11-2-1-3-12-25)24-32(26)38(28)30-15-5-8-18-34(30)42-35-19-9-6-16-31(35)38/h1-21,23-24H,22,39H2/b13-10-. The van der Waals surface area contributed by atoms with Gasteiger partial charge in [-0.3, -0.25) is 0 Å². The van der Waals surface area contributed by atoms with Crippen molar-refractivity contribution < 1.29 is 4.74 Å². The van der Waals surface area contributed by atoms with Crippen molar-refractivity contribution in [1.82, 2.24) is 9.97 Å². The molecule has 2 heterocycles. The van der Waals surface area contributed by atoms with E-state index < -0.39 is 5.41 Å². The summed E-state index contributed by atoms with van der Waals surface area (Å²) in [5.41, 5.74) is 15.0. The third-order valence-electron chi connectivity index (χ3n) is 8.35. The van der Waals surface area contributed by atoms with Crippen molar-refractivity contribution in [2.75, 3.05) is 6.54 Å². The fourth-order valence-electron chi connectivity index (χ4n) is 6.56. The van der Waals surface area contributed by atoms with Gasteiger partial charge in [0.25, 0.3) is 0 Å². The molecule has 0 saturated heterocycles. The molecular formula is C38H27N3O. The fourth-order valence-corrected chi connectivity index (χ4v) is 6.56. The van der Waals surface area contributed by atoms with Crippen LogP contribution in [0.15, 0.2) is 139 Å². The molecule has 1 aromatic heterocycles. The lowest BCUT2D eigenvalue weighted by molar-refractivity contribution is 0.436. The molecule has 1 spiro atoms. The Bertz CT molecular complexity index is 2010. The summed E-state index contributed by atoms with van der Waals surface area (Å²) in [6.07, 6.45) is 6.47. The largest absolute Gasteiger partial charge is 0.457 e. The van der Waals surface area contributed by atoms with Crippen LogP contribution >= 0.6 is 0 Å². The zero-order chi connectivity index (χ0) is 28.1. The van der Waals surface area contributed by atoms with Gasteiger partial charge in [0.15, 0.2) is 5.82 Å². The van der Waals surface area contributed by atoms with Gasteiger partial charge in [-0.05, 0) is 47.0 Å². The fraction of sp³-hybridized carbons (Fsp3) is 0.0526. The van der Waals surface area contributed by atoms with Crippen LogP contribution in [0.25, 0.3) is 39.6 Å². The highest BCUT2D eigenvalue weighted by Crippen LogP contribution is 2.59. The highest BCUT2D eigenvalue weighted by Gasteiger charge is 2.49. The Morgan fingerprint density at radius 1 is 0.667 bits per heavy atom. The molecule has 2 N–H and O–H groups in total. The second kappa shape index (κ2) is 9.65. The predicted octanol–water partition coefficient (Wildman–Crippen LogP) is 8.32. The number of nitrogens with two attached hydrogens (primary N) is 1. The minimum atomic E-state index is -0.568. The molecule has 4 nitrogen and oxygen atoms in total. The summed E-state index contributed by atoms with van der Waals surface area (Å²) in [5.74, 6) is 2.41. The van der Waals surface area contributed by atoms with Crippen LogP contribution in [-0.4, -0.2) is 16.5 Å². The average Bonchev–Trinajstić information content (AvgIpc) is 3.37. The highest BCUT2D eigenvalue weighted by atomic mass is 16.5. The molecular weight excluding hydrogens is 514 g/mol. The van der Waals surface area contributed by atoms with Crippen LogP contribution in [0.2, 0.25) is 0 Å². The zero-order valence-corrected chi connectivity index (χ0v) is 22.9. The topological polar surface area (TPSA) is 61.0 Å². The van der Waals surface area contributed by atoms with E-state index in [2.05, 4.69) is 91.0 Å². The van der Waals surface area contributed by atoms with Crippen molar-refractivity contribution in [3.8, 4) is 34.1 Å². The van der Waals surface area contributed by atoms with Crippen LogP contribution in [0.5, 0.6) is 11.5 Å². The summed E-state index contributed by atoms with van der Waals surface area (Å²) in [5, 5.41) is 1.04. The van der Waals surface area contributed by atoms with Gasteiger partial charge >= 0.3 is 0 Å². The molecule has 6 aromatic rings. The van der Waals surface area contributed by atoms with E-state index in [4.69, 9.17) is 20.4 Å². The number of fused-ring (bicyclic) bond motifs is 7. The van der Waals surface area contributed by atoms with Crippen LogP contribution < -0.4 is 10.5 Å². The Hall–Kier alpha value is -5.32. The molecule has 1 aliphatic carbocycles. The number of nitrogens with zero attached hydrogens (tertiary/aromatic N) is 2. The minimum Gasteiger partial charge on any atom is -0.457 e. The number of hydrogen-bond acceptors (Lipinski definition) is 4. The molecule has 42 heavy (non-hydrogen) atoms. The molecule has 200 valence electrons. The van der Waals surface area contributed by atoms with Gasteiger partial charge in [-0.1, -0.05) is 109 Å². The number of rotatable bonds is 4. The third kappa shape index (κ3) is 3.59. The molecule has 0 radical (unpaired) electrons. The molecule has 0 atom stereocenters. The third-order valence-corrected chi connectivity index (χ3v) is 8.35. The molecule has 4 heteroatoms. The van der Waals surface area contributed by atoms with E-state index >= 15 is 0 Å². The molecule has 1 aliphatic heterocycles. The molecule has 0 fully saturated rings. The Morgan fingerprint density at radius 3 is 2.12 bits per heavy atom. The maximum atomic E-state index is 6.46. The van der Waals surface area contributed by atoms with E-state index in [1.807, 2.05) is 48.5 Å². The van der Waals surface area contributed by atoms with Crippen LogP contribution in [0, 0.1) is 0 Å². The van der Waals surface area contributed by atoms with Crippen molar-refractivity contribution in [1.29, 1.82) is 0 Å². The van der Waals surface area contributed by atoms with E-state index in [1.54, 1.807) is 0 Å². The van der Waals surface area contributed by atoms with Gasteiger partial charge in [0.1, 0.15) is 11.5 Å². The lowest BCUT2D eigenvalue weighted by Gasteiger charge is -2.40. The number of ether oxygens (including phenoxy) is 1. The predicted molar refractivity (Wildman–Crippen MR) is 169 cm³/mol. The Labute approximate surface area is 244 Å². The Morgan fingerprint density at radius 2 is 1.36 bits per heavy atom. The van der Waals surface area contributed by atoms with Crippen LogP contribution in [-0.2, 0) is 5.41 Å². The lowest BCUT2D eigenvalue weighted by atomic mass is 9.65. The van der Waals surface area contributed by atoms with E-state index in [1.165, 1.54) is 5.56 Å². The molecule has 5 aromatic carbocycles. The summed E-state index contributed by atoms with van der Waals surface area (Å²) >= 11 is 0. The lowest BCUT2D eigenvalue weighted by Crippen LogP contribution is -2.32. The number of allylic oxidation sites excluding steroid dienone is 2. The molecule has 0 saturated carbocycles. The van der Waals surface area contributed by atoms with Gasteiger partial charge < -0.3 is 10.5 Å². The quantitative estimate of drug-likeness (QED) is 0.244. The second-order valence-electron chi connectivity index (χ2n) is 10.7. The van der Waals surface area contributed by atoms with E-state index in [-0.39, 0.29) is 0 Å². The molecule has 2 aliphatic rings. The molecule has 8 rings (SSSR count). The molecule has 0 amide bonds.